The first-order chi connectivity index (χ1) is 21.0. The van der Waals surface area contributed by atoms with Crippen molar-refractivity contribution in [3.8, 4) is 22.5 Å². The number of primary amides is 1. The molecule has 0 aliphatic heterocycles. The number of carbonyl (C=O) groups is 2. The third-order valence-electron chi connectivity index (χ3n) is 6.95. The molecule has 208 valence electrons. The fourth-order valence-corrected chi connectivity index (χ4v) is 4.84. The van der Waals surface area contributed by atoms with Gasteiger partial charge in [0.1, 0.15) is 6.04 Å². The Morgan fingerprint density at radius 2 is 1.28 bits per heavy atom. The Morgan fingerprint density at radius 1 is 0.721 bits per heavy atom. The van der Waals surface area contributed by atoms with Crippen molar-refractivity contribution in [2.75, 3.05) is 4.90 Å². The van der Waals surface area contributed by atoms with E-state index in [2.05, 4.69) is 16.5 Å². The zero-order valence-electron chi connectivity index (χ0n) is 23.0. The van der Waals surface area contributed by atoms with Crippen LogP contribution in [-0.4, -0.2) is 37.8 Å². The molecule has 0 fully saturated rings. The Bertz CT molecular complexity index is 2040. The quantitative estimate of drug-likeness (QED) is 0.228. The van der Waals surface area contributed by atoms with Gasteiger partial charge in [-0.05, 0) is 54.1 Å². The van der Waals surface area contributed by atoms with Gasteiger partial charge in [-0.25, -0.2) is 9.97 Å². The summed E-state index contributed by atoms with van der Waals surface area (Å²) < 4.78 is 0. The van der Waals surface area contributed by atoms with E-state index in [9.17, 15) is 9.59 Å². The van der Waals surface area contributed by atoms with E-state index in [0.29, 0.717) is 11.4 Å². The molecule has 0 aliphatic carbocycles. The third-order valence-corrected chi connectivity index (χ3v) is 6.95. The number of amides is 2. The van der Waals surface area contributed by atoms with E-state index in [1.807, 2.05) is 78.9 Å². The SMILES string of the molecule is C=CC(=O)N(c1cccc(-c2cnc3ccccc3n2)c1)C(C=Cc1cccc(-c2cnc3ccccc3n2)c1)C(N)=O. The second-order valence-electron chi connectivity index (χ2n) is 9.78. The van der Waals surface area contributed by atoms with Gasteiger partial charge in [0, 0.05) is 16.8 Å². The summed E-state index contributed by atoms with van der Waals surface area (Å²) in [6, 6.07) is 29.0. The van der Waals surface area contributed by atoms with Crippen molar-refractivity contribution in [1.29, 1.82) is 0 Å². The summed E-state index contributed by atoms with van der Waals surface area (Å²) >= 11 is 0. The van der Waals surface area contributed by atoms with Crippen LogP contribution in [0, 0.1) is 0 Å². The number of anilines is 1. The average Bonchev–Trinajstić information content (AvgIpc) is 3.06. The van der Waals surface area contributed by atoms with Crippen molar-refractivity contribution in [1.82, 2.24) is 19.9 Å². The molecule has 1 atom stereocenters. The average molecular weight is 563 g/mol. The largest absolute Gasteiger partial charge is 0.368 e. The second kappa shape index (κ2) is 11.8. The first kappa shape index (κ1) is 27.2. The maximum Gasteiger partial charge on any atom is 0.251 e. The number of nitrogens with two attached hydrogens (primary N) is 1. The maximum atomic E-state index is 13.2. The molecule has 1 unspecified atom stereocenters. The van der Waals surface area contributed by atoms with Gasteiger partial charge >= 0.3 is 0 Å². The Kier molecular flexibility index (Phi) is 7.48. The lowest BCUT2D eigenvalue weighted by Crippen LogP contribution is -2.46. The Hall–Kier alpha value is -6.02. The van der Waals surface area contributed by atoms with Gasteiger partial charge in [0.15, 0.2) is 0 Å². The lowest BCUT2D eigenvalue weighted by Gasteiger charge is -2.27. The number of fused-ring (bicyclic) bond motifs is 2. The molecular formula is C35H26N6O2. The van der Waals surface area contributed by atoms with Crippen LogP contribution in [0.2, 0.25) is 0 Å². The number of benzene rings is 4. The van der Waals surface area contributed by atoms with Gasteiger partial charge in [-0.15, -0.1) is 0 Å². The zero-order chi connectivity index (χ0) is 29.8. The highest BCUT2D eigenvalue weighted by Crippen LogP contribution is 2.27. The van der Waals surface area contributed by atoms with Crippen molar-refractivity contribution < 1.29 is 9.59 Å². The minimum Gasteiger partial charge on any atom is -0.368 e. The van der Waals surface area contributed by atoms with E-state index in [1.165, 1.54) is 4.90 Å². The minimum absolute atomic E-state index is 0.464. The van der Waals surface area contributed by atoms with Crippen molar-refractivity contribution in [2.45, 2.75) is 6.04 Å². The maximum absolute atomic E-state index is 13.2. The summed E-state index contributed by atoms with van der Waals surface area (Å²) in [6.45, 7) is 3.65. The summed E-state index contributed by atoms with van der Waals surface area (Å²) in [5.74, 6) is -1.17. The lowest BCUT2D eigenvalue weighted by atomic mass is 10.1. The highest BCUT2D eigenvalue weighted by atomic mass is 16.2. The fourth-order valence-electron chi connectivity index (χ4n) is 4.84. The molecule has 2 amide bonds. The molecule has 2 aromatic heterocycles. The van der Waals surface area contributed by atoms with Crippen LogP contribution in [0.4, 0.5) is 5.69 Å². The molecule has 8 nitrogen and oxygen atoms in total. The highest BCUT2D eigenvalue weighted by molar-refractivity contribution is 6.07. The number of hydrogen-bond acceptors (Lipinski definition) is 6. The molecule has 4 aromatic carbocycles. The standard InChI is InChI=1S/C35H26N6O2/c1-2-34(42)41(26-12-8-11-25(20-26)32-22-38-28-14-4-6-16-30(28)40-32)33(35(36)43)18-17-23-9-7-10-24(19-23)31-21-37-27-13-3-5-15-29(27)39-31/h2-22,33H,1H2,(H2,36,43). The number of para-hydroxylation sites is 4. The molecule has 2 N–H and O–H groups in total. The molecule has 43 heavy (non-hydrogen) atoms. The number of carbonyl (C=O) groups excluding carboxylic acids is 2. The Morgan fingerprint density at radius 3 is 1.86 bits per heavy atom. The topological polar surface area (TPSA) is 115 Å². The van der Waals surface area contributed by atoms with E-state index in [-0.39, 0.29) is 0 Å². The molecule has 0 aliphatic rings. The molecule has 6 aromatic rings. The van der Waals surface area contributed by atoms with Gasteiger partial charge in [0.2, 0.25) is 5.91 Å². The predicted molar refractivity (Wildman–Crippen MR) is 170 cm³/mol. The summed E-state index contributed by atoms with van der Waals surface area (Å²) in [6.07, 6.45) is 7.94. The summed E-state index contributed by atoms with van der Waals surface area (Å²) in [5.41, 5.74) is 13.2. The van der Waals surface area contributed by atoms with Crippen LogP contribution in [0.15, 0.2) is 128 Å². The van der Waals surface area contributed by atoms with Crippen molar-refractivity contribution in [3.05, 3.63) is 134 Å². The Balaban J connectivity index is 1.33. The van der Waals surface area contributed by atoms with Crippen LogP contribution in [0.25, 0.3) is 50.7 Å². The fraction of sp³-hybridized carbons (Fsp3) is 0.0286. The number of rotatable bonds is 8. The number of aromatic nitrogens is 4. The van der Waals surface area contributed by atoms with Crippen LogP contribution in [0.5, 0.6) is 0 Å². The monoisotopic (exact) mass is 562 g/mol. The molecule has 0 radical (unpaired) electrons. The molecule has 8 heteroatoms. The van der Waals surface area contributed by atoms with E-state index in [4.69, 9.17) is 15.7 Å². The molecule has 0 saturated heterocycles. The van der Waals surface area contributed by atoms with Crippen molar-refractivity contribution in [2.24, 2.45) is 5.73 Å². The molecule has 6 rings (SSSR count). The van der Waals surface area contributed by atoms with Crippen LogP contribution in [0.3, 0.4) is 0 Å². The van der Waals surface area contributed by atoms with Gasteiger partial charge in [-0.2, -0.15) is 0 Å². The first-order valence-corrected chi connectivity index (χ1v) is 13.6. The van der Waals surface area contributed by atoms with E-state index >= 15 is 0 Å². The summed E-state index contributed by atoms with van der Waals surface area (Å²) in [4.78, 5) is 45.7. The van der Waals surface area contributed by atoms with Crippen LogP contribution in [0.1, 0.15) is 5.56 Å². The first-order valence-electron chi connectivity index (χ1n) is 13.6. The zero-order valence-corrected chi connectivity index (χ0v) is 23.0. The summed E-state index contributed by atoms with van der Waals surface area (Å²) in [7, 11) is 0. The van der Waals surface area contributed by atoms with Gasteiger partial charge in [0.05, 0.1) is 45.8 Å². The van der Waals surface area contributed by atoms with Crippen molar-refractivity contribution in [3.63, 3.8) is 0 Å². The van der Waals surface area contributed by atoms with E-state index < -0.39 is 17.9 Å². The van der Waals surface area contributed by atoms with Crippen LogP contribution < -0.4 is 10.6 Å². The van der Waals surface area contributed by atoms with Gasteiger partial charge in [0.25, 0.3) is 5.91 Å². The summed E-state index contributed by atoms with van der Waals surface area (Å²) in [5, 5.41) is 0. The third kappa shape index (κ3) is 5.75. The molecular weight excluding hydrogens is 536 g/mol. The van der Waals surface area contributed by atoms with Crippen molar-refractivity contribution >= 4 is 45.6 Å². The Labute approximate surface area is 247 Å². The molecule has 0 spiro atoms. The van der Waals surface area contributed by atoms with Crippen LogP contribution >= 0.6 is 0 Å². The smallest absolute Gasteiger partial charge is 0.251 e. The predicted octanol–water partition coefficient (Wildman–Crippen LogP) is 5.99. The number of hydrogen-bond donors (Lipinski definition) is 1. The highest BCUT2D eigenvalue weighted by Gasteiger charge is 2.26. The van der Waals surface area contributed by atoms with Gasteiger partial charge in [-0.1, -0.05) is 73.3 Å². The molecule has 0 saturated carbocycles. The normalized spacial score (nSPS) is 11.9. The second-order valence-corrected chi connectivity index (χ2v) is 9.78. The molecule has 2 heterocycles. The minimum atomic E-state index is -1.09. The van der Waals surface area contributed by atoms with Gasteiger partial charge in [-0.3, -0.25) is 24.5 Å². The van der Waals surface area contributed by atoms with E-state index in [0.717, 1.165) is 50.5 Å². The van der Waals surface area contributed by atoms with Crippen LogP contribution in [-0.2, 0) is 9.59 Å². The van der Waals surface area contributed by atoms with Gasteiger partial charge < -0.3 is 5.73 Å². The molecule has 0 bridgehead atoms. The van der Waals surface area contributed by atoms with E-state index in [1.54, 1.807) is 42.7 Å². The number of nitrogens with zero attached hydrogens (tertiary/aromatic N) is 5. The lowest BCUT2D eigenvalue weighted by molar-refractivity contribution is -0.121.